The second-order valence-corrected chi connectivity index (χ2v) is 7.15. The number of hydrogen-bond donors (Lipinski definition) is 1. The van der Waals surface area contributed by atoms with E-state index in [0.29, 0.717) is 38.4 Å². The molecule has 2 aliphatic heterocycles. The molecule has 1 aromatic heterocycles. The van der Waals surface area contributed by atoms with E-state index in [1.807, 2.05) is 0 Å². The normalized spacial score (nSPS) is 22.6. The molecule has 3 heterocycles. The average molecular weight is 565 g/mol. The monoisotopic (exact) mass is 564 g/mol. The molecule has 0 bridgehead atoms. The smallest absolute Gasteiger partial charge is 0.417 e. The van der Waals surface area contributed by atoms with Crippen molar-refractivity contribution in [2.45, 2.75) is 31.2 Å². The van der Waals surface area contributed by atoms with Crippen molar-refractivity contribution >= 4 is 41.5 Å². The number of alkyl halides is 3. The van der Waals surface area contributed by atoms with E-state index in [0.717, 1.165) is 25.5 Å². The van der Waals surface area contributed by atoms with E-state index >= 15 is 0 Å². The summed E-state index contributed by atoms with van der Waals surface area (Å²) in [6.07, 6.45) is -1.62. The van der Waals surface area contributed by atoms with Crippen LogP contribution in [0.4, 0.5) is 13.2 Å². The van der Waals surface area contributed by atoms with Crippen LogP contribution in [0.2, 0.25) is 5.02 Å². The molecule has 0 spiro atoms. The summed E-state index contributed by atoms with van der Waals surface area (Å²) in [6, 6.07) is 0.801. The molecule has 1 aromatic rings. The molecule has 30 heavy (non-hydrogen) atoms. The maximum absolute atomic E-state index is 12.7. The SMILES string of the molecule is CN=C(NCCOc1ncc(C(F)(F)F)cc1Cl)N1CCOC(C2CCCO2)C1.I. The molecule has 0 radical (unpaired) electrons. The third kappa shape index (κ3) is 6.72. The molecule has 2 unspecified atom stereocenters. The van der Waals surface area contributed by atoms with Crippen molar-refractivity contribution < 1.29 is 27.4 Å². The quantitative estimate of drug-likeness (QED) is 0.257. The fourth-order valence-electron chi connectivity index (χ4n) is 3.32. The number of nitrogens with zero attached hydrogens (tertiary/aromatic N) is 3. The van der Waals surface area contributed by atoms with Crippen LogP contribution in [0.5, 0.6) is 5.88 Å². The van der Waals surface area contributed by atoms with Gasteiger partial charge in [0.25, 0.3) is 0 Å². The van der Waals surface area contributed by atoms with Gasteiger partial charge >= 0.3 is 6.18 Å². The molecule has 1 N–H and O–H groups in total. The Hall–Kier alpha value is -1.05. The standard InChI is InChI=1S/C18H24ClF3N4O3.HI/c1-23-17(26-5-8-28-15(11-26)14-3-2-6-27-14)24-4-7-29-16-13(19)9-12(10-25-16)18(20,21)22;/h9-10,14-15H,2-8,11H2,1H3,(H,23,24);1H. The molecule has 7 nitrogen and oxygen atoms in total. The van der Waals surface area contributed by atoms with Crippen LogP contribution in [0.15, 0.2) is 17.3 Å². The number of morpholine rings is 1. The minimum Gasteiger partial charge on any atom is -0.475 e. The molecule has 12 heteroatoms. The number of hydrogen-bond acceptors (Lipinski definition) is 5. The van der Waals surface area contributed by atoms with Gasteiger partial charge in [-0.15, -0.1) is 24.0 Å². The zero-order valence-electron chi connectivity index (χ0n) is 16.5. The summed E-state index contributed by atoms with van der Waals surface area (Å²) in [5.74, 6) is 0.660. The topological polar surface area (TPSA) is 68.2 Å². The lowest BCUT2D eigenvalue weighted by Gasteiger charge is -2.37. The highest BCUT2D eigenvalue weighted by Gasteiger charge is 2.33. The van der Waals surface area contributed by atoms with Crippen molar-refractivity contribution in [3.8, 4) is 5.88 Å². The zero-order chi connectivity index (χ0) is 20.9. The van der Waals surface area contributed by atoms with Gasteiger partial charge < -0.3 is 24.4 Å². The predicted molar refractivity (Wildman–Crippen MR) is 117 cm³/mol. The average Bonchev–Trinajstić information content (AvgIpc) is 3.23. The minimum atomic E-state index is -4.50. The lowest BCUT2D eigenvalue weighted by Crippen LogP contribution is -2.53. The summed E-state index contributed by atoms with van der Waals surface area (Å²) in [4.78, 5) is 10.0. The van der Waals surface area contributed by atoms with Gasteiger partial charge in [-0.3, -0.25) is 4.99 Å². The number of rotatable bonds is 5. The van der Waals surface area contributed by atoms with Crippen LogP contribution in [0.3, 0.4) is 0 Å². The zero-order valence-corrected chi connectivity index (χ0v) is 19.5. The summed E-state index contributed by atoms with van der Waals surface area (Å²) in [6.45, 7) is 3.29. The number of ether oxygens (including phenoxy) is 3. The lowest BCUT2D eigenvalue weighted by atomic mass is 10.1. The molecule has 2 saturated heterocycles. The molecule has 0 aromatic carbocycles. The molecule has 0 aliphatic carbocycles. The van der Waals surface area contributed by atoms with E-state index in [9.17, 15) is 13.2 Å². The van der Waals surface area contributed by atoms with E-state index < -0.39 is 11.7 Å². The molecule has 2 aliphatic rings. The molecular formula is C18H25ClF3IN4O3. The molecular weight excluding hydrogens is 540 g/mol. The summed E-state index contributed by atoms with van der Waals surface area (Å²) in [5.41, 5.74) is -0.915. The summed E-state index contributed by atoms with van der Waals surface area (Å²) >= 11 is 5.84. The highest BCUT2D eigenvalue weighted by atomic mass is 127. The molecule has 0 saturated carbocycles. The molecule has 3 rings (SSSR count). The lowest BCUT2D eigenvalue weighted by molar-refractivity contribution is -0.137. The fourth-order valence-corrected chi connectivity index (χ4v) is 3.54. The number of guanidine groups is 1. The van der Waals surface area contributed by atoms with Gasteiger partial charge in [0.2, 0.25) is 5.88 Å². The summed E-state index contributed by atoms with van der Waals surface area (Å²) in [5, 5.41) is 3.00. The van der Waals surface area contributed by atoms with Crippen molar-refractivity contribution in [2.75, 3.05) is 46.5 Å². The first-order valence-corrected chi connectivity index (χ1v) is 9.80. The van der Waals surface area contributed by atoms with E-state index in [4.69, 9.17) is 25.8 Å². The van der Waals surface area contributed by atoms with E-state index in [2.05, 4.69) is 20.2 Å². The van der Waals surface area contributed by atoms with Crippen molar-refractivity contribution in [3.05, 3.63) is 22.8 Å². The Balaban J connectivity index is 0.00000320. The Bertz CT molecular complexity index is 720. The largest absolute Gasteiger partial charge is 0.475 e. The van der Waals surface area contributed by atoms with Gasteiger partial charge in [0.1, 0.15) is 17.7 Å². The summed E-state index contributed by atoms with van der Waals surface area (Å²) in [7, 11) is 1.69. The van der Waals surface area contributed by atoms with Crippen molar-refractivity contribution in [1.82, 2.24) is 15.2 Å². The van der Waals surface area contributed by atoms with Gasteiger partial charge in [-0.1, -0.05) is 11.6 Å². The number of aliphatic imine (C=N–C) groups is 1. The maximum atomic E-state index is 12.7. The van der Waals surface area contributed by atoms with Crippen LogP contribution in [-0.2, 0) is 15.7 Å². The van der Waals surface area contributed by atoms with Gasteiger partial charge in [0, 0.05) is 32.9 Å². The minimum absolute atomic E-state index is 0. The predicted octanol–water partition coefficient (Wildman–Crippen LogP) is 3.21. The Labute approximate surface area is 195 Å². The molecule has 170 valence electrons. The van der Waals surface area contributed by atoms with Crippen LogP contribution in [-0.4, -0.2) is 74.6 Å². The fraction of sp³-hybridized carbons (Fsp3) is 0.667. The molecule has 2 fully saturated rings. The number of aromatic nitrogens is 1. The van der Waals surface area contributed by atoms with Crippen molar-refractivity contribution in [1.29, 1.82) is 0 Å². The number of pyridine rings is 1. The van der Waals surface area contributed by atoms with E-state index in [1.165, 1.54) is 0 Å². The van der Waals surface area contributed by atoms with E-state index in [-0.39, 0.29) is 53.7 Å². The third-order valence-electron chi connectivity index (χ3n) is 4.74. The Morgan fingerprint density at radius 2 is 2.13 bits per heavy atom. The van der Waals surface area contributed by atoms with E-state index in [1.54, 1.807) is 7.05 Å². The Kier molecular flexibility index (Phi) is 9.69. The third-order valence-corrected chi connectivity index (χ3v) is 5.01. The van der Waals surface area contributed by atoms with Gasteiger partial charge in [-0.05, 0) is 18.9 Å². The Morgan fingerprint density at radius 3 is 2.77 bits per heavy atom. The first-order chi connectivity index (χ1) is 13.9. The van der Waals surface area contributed by atoms with Crippen LogP contribution in [0, 0.1) is 0 Å². The van der Waals surface area contributed by atoms with Crippen LogP contribution in [0.25, 0.3) is 0 Å². The highest BCUT2D eigenvalue weighted by Crippen LogP contribution is 2.33. The van der Waals surface area contributed by atoms with Crippen molar-refractivity contribution in [2.24, 2.45) is 4.99 Å². The first-order valence-electron chi connectivity index (χ1n) is 9.43. The maximum Gasteiger partial charge on any atom is 0.417 e. The van der Waals surface area contributed by atoms with Gasteiger partial charge in [-0.2, -0.15) is 13.2 Å². The van der Waals surface area contributed by atoms with Gasteiger partial charge in [0.15, 0.2) is 5.96 Å². The van der Waals surface area contributed by atoms with Crippen LogP contribution < -0.4 is 10.1 Å². The summed E-state index contributed by atoms with van der Waals surface area (Å²) < 4.78 is 54.9. The Morgan fingerprint density at radius 1 is 1.37 bits per heavy atom. The van der Waals surface area contributed by atoms with Gasteiger partial charge in [-0.25, -0.2) is 4.98 Å². The second-order valence-electron chi connectivity index (χ2n) is 6.74. The molecule has 2 atom stereocenters. The first kappa shape index (κ1) is 25.2. The second kappa shape index (κ2) is 11.5. The van der Waals surface area contributed by atoms with Crippen molar-refractivity contribution in [3.63, 3.8) is 0 Å². The van der Waals surface area contributed by atoms with Gasteiger partial charge in [0.05, 0.1) is 24.8 Å². The van der Waals surface area contributed by atoms with Crippen LogP contribution in [0.1, 0.15) is 18.4 Å². The number of nitrogens with one attached hydrogen (secondary N) is 1. The molecule has 0 amide bonds. The number of halogens is 5. The van der Waals surface area contributed by atoms with Crippen LogP contribution >= 0.6 is 35.6 Å². The highest BCUT2D eigenvalue weighted by molar-refractivity contribution is 14.0.